The van der Waals surface area contributed by atoms with Crippen molar-refractivity contribution in [1.29, 1.82) is 0 Å². The Balaban J connectivity index is 0.00000180. The third kappa shape index (κ3) is 4.63. The zero-order chi connectivity index (χ0) is 13.1. The van der Waals surface area contributed by atoms with Gasteiger partial charge in [-0.3, -0.25) is 4.79 Å². The Kier molecular flexibility index (Phi) is 6.60. The van der Waals surface area contributed by atoms with E-state index >= 15 is 0 Å². The molecule has 1 saturated carbocycles. The number of halogens is 3. The fourth-order valence-electron chi connectivity index (χ4n) is 2.17. The highest BCUT2D eigenvalue weighted by molar-refractivity contribution is 9.10. The first-order valence-corrected chi connectivity index (χ1v) is 7.25. The number of rotatable bonds is 2. The molecule has 0 heterocycles. The Bertz CT molecular complexity index is 448. The maximum absolute atomic E-state index is 12.1. The lowest BCUT2D eigenvalue weighted by Crippen LogP contribution is -2.40. The molecule has 0 unspecified atom stereocenters. The van der Waals surface area contributed by atoms with Gasteiger partial charge in [0.25, 0.3) is 5.91 Å². The predicted octanol–water partition coefficient (Wildman–Crippen LogP) is 3.52. The van der Waals surface area contributed by atoms with Crippen LogP contribution in [0.1, 0.15) is 36.0 Å². The van der Waals surface area contributed by atoms with Crippen LogP contribution in [0.2, 0.25) is 5.02 Å². The van der Waals surface area contributed by atoms with E-state index in [1.54, 1.807) is 18.2 Å². The summed E-state index contributed by atoms with van der Waals surface area (Å²) in [5.41, 5.74) is 6.47. The average Bonchev–Trinajstić information content (AvgIpc) is 2.35. The third-order valence-corrected chi connectivity index (χ3v) is 4.50. The van der Waals surface area contributed by atoms with Gasteiger partial charge >= 0.3 is 0 Å². The zero-order valence-electron chi connectivity index (χ0n) is 10.4. The van der Waals surface area contributed by atoms with Gasteiger partial charge < -0.3 is 11.1 Å². The van der Waals surface area contributed by atoms with Crippen molar-refractivity contribution in [2.45, 2.75) is 37.8 Å². The molecule has 0 aromatic heterocycles. The molecule has 0 spiro atoms. The average molecular weight is 368 g/mol. The van der Waals surface area contributed by atoms with E-state index in [0.717, 1.165) is 30.2 Å². The van der Waals surface area contributed by atoms with Crippen LogP contribution in [0.15, 0.2) is 22.7 Å². The monoisotopic (exact) mass is 366 g/mol. The number of nitrogens with two attached hydrogens (primary N) is 1. The standard InChI is InChI=1S/C13H16BrClN2O.ClH/c14-11-7-8(1-6-12(11)15)13(18)17-10-4-2-9(16)3-5-10;/h1,6-7,9-10H,2-5,16H2,(H,17,18);1H. The third-order valence-electron chi connectivity index (χ3n) is 3.29. The van der Waals surface area contributed by atoms with Crippen LogP contribution in [0.5, 0.6) is 0 Å². The van der Waals surface area contributed by atoms with E-state index in [1.807, 2.05) is 0 Å². The van der Waals surface area contributed by atoms with Crippen molar-refractivity contribution in [2.24, 2.45) is 5.73 Å². The summed E-state index contributed by atoms with van der Waals surface area (Å²) < 4.78 is 0.738. The lowest BCUT2D eigenvalue weighted by atomic mass is 9.91. The van der Waals surface area contributed by atoms with Gasteiger partial charge in [-0.15, -0.1) is 12.4 Å². The van der Waals surface area contributed by atoms with E-state index in [9.17, 15) is 4.79 Å². The van der Waals surface area contributed by atoms with Crippen molar-refractivity contribution >= 4 is 45.8 Å². The van der Waals surface area contributed by atoms with E-state index < -0.39 is 0 Å². The molecule has 0 atom stereocenters. The molecule has 3 N–H and O–H groups in total. The molecular weight excluding hydrogens is 351 g/mol. The van der Waals surface area contributed by atoms with E-state index in [-0.39, 0.29) is 24.4 Å². The van der Waals surface area contributed by atoms with E-state index in [4.69, 9.17) is 17.3 Å². The summed E-state index contributed by atoms with van der Waals surface area (Å²) in [6.07, 6.45) is 3.88. The van der Waals surface area contributed by atoms with Crippen LogP contribution in [0, 0.1) is 0 Å². The van der Waals surface area contributed by atoms with Gasteiger partial charge in [0.2, 0.25) is 0 Å². The zero-order valence-corrected chi connectivity index (χ0v) is 13.5. The second kappa shape index (κ2) is 7.48. The predicted molar refractivity (Wildman–Crippen MR) is 84.1 cm³/mol. The number of hydrogen-bond acceptors (Lipinski definition) is 2. The Morgan fingerprint density at radius 2 is 1.95 bits per heavy atom. The lowest BCUT2D eigenvalue weighted by molar-refractivity contribution is 0.0926. The molecule has 3 nitrogen and oxygen atoms in total. The minimum Gasteiger partial charge on any atom is -0.349 e. The van der Waals surface area contributed by atoms with Crippen molar-refractivity contribution in [3.8, 4) is 0 Å². The maximum Gasteiger partial charge on any atom is 0.251 e. The quantitative estimate of drug-likeness (QED) is 0.840. The van der Waals surface area contributed by atoms with Crippen LogP contribution in [0.4, 0.5) is 0 Å². The molecule has 0 bridgehead atoms. The first-order chi connectivity index (χ1) is 8.56. The summed E-state index contributed by atoms with van der Waals surface area (Å²) in [7, 11) is 0. The molecule has 6 heteroatoms. The van der Waals surface area contributed by atoms with Crippen LogP contribution < -0.4 is 11.1 Å². The number of carbonyl (C=O) groups is 1. The molecule has 1 aromatic rings. The van der Waals surface area contributed by atoms with Crippen LogP contribution in [0.3, 0.4) is 0 Å². The van der Waals surface area contributed by atoms with Gasteiger partial charge in [-0.1, -0.05) is 11.6 Å². The summed E-state index contributed by atoms with van der Waals surface area (Å²) in [4.78, 5) is 12.1. The molecule has 1 fully saturated rings. The number of nitrogens with one attached hydrogen (secondary N) is 1. The molecule has 1 aliphatic rings. The highest BCUT2D eigenvalue weighted by Gasteiger charge is 2.20. The fourth-order valence-corrected chi connectivity index (χ4v) is 2.67. The SMILES string of the molecule is Cl.NC1CCC(NC(=O)c2ccc(Cl)c(Br)c2)CC1. The van der Waals surface area contributed by atoms with Gasteiger partial charge in [0.15, 0.2) is 0 Å². The molecule has 0 radical (unpaired) electrons. The first kappa shape index (κ1) is 16.8. The first-order valence-electron chi connectivity index (χ1n) is 6.08. The van der Waals surface area contributed by atoms with Crippen molar-refractivity contribution in [3.63, 3.8) is 0 Å². The van der Waals surface area contributed by atoms with Crippen LogP contribution >= 0.6 is 39.9 Å². The molecule has 0 aliphatic heterocycles. The molecule has 19 heavy (non-hydrogen) atoms. The molecule has 1 amide bonds. The van der Waals surface area contributed by atoms with Gasteiger partial charge in [0.05, 0.1) is 5.02 Å². The van der Waals surface area contributed by atoms with Crippen LogP contribution in [-0.4, -0.2) is 18.0 Å². The summed E-state index contributed by atoms with van der Waals surface area (Å²) in [6.45, 7) is 0. The molecule has 1 aromatic carbocycles. The Labute approximate surface area is 132 Å². The van der Waals surface area contributed by atoms with Crippen molar-refractivity contribution < 1.29 is 4.79 Å². The Morgan fingerprint density at radius 1 is 1.32 bits per heavy atom. The van der Waals surface area contributed by atoms with Gasteiger partial charge in [-0.25, -0.2) is 0 Å². The van der Waals surface area contributed by atoms with Gasteiger partial charge in [-0.2, -0.15) is 0 Å². The van der Waals surface area contributed by atoms with Gasteiger partial charge in [0.1, 0.15) is 0 Å². The number of amides is 1. The van der Waals surface area contributed by atoms with Gasteiger partial charge in [-0.05, 0) is 59.8 Å². The van der Waals surface area contributed by atoms with E-state index in [2.05, 4.69) is 21.2 Å². The second-order valence-corrected chi connectivity index (χ2v) is 5.98. The second-order valence-electron chi connectivity index (χ2n) is 4.71. The summed E-state index contributed by atoms with van der Waals surface area (Å²) in [5, 5.41) is 3.65. The summed E-state index contributed by atoms with van der Waals surface area (Å²) in [5.74, 6) is -0.0483. The molecule has 2 rings (SSSR count). The van der Waals surface area contributed by atoms with E-state index in [0.29, 0.717) is 16.6 Å². The molecule has 0 saturated heterocycles. The maximum atomic E-state index is 12.1. The lowest BCUT2D eigenvalue weighted by Gasteiger charge is -2.26. The van der Waals surface area contributed by atoms with Crippen molar-refractivity contribution in [3.05, 3.63) is 33.3 Å². The highest BCUT2D eigenvalue weighted by Crippen LogP contribution is 2.23. The van der Waals surface area contributed by atoms with Crippen molar-refractivity contribution in [1.82, 2.24) is 5.32 Å². The summed E-state index contributed by atoms with van der Waals surface area (Å²) in [6, 6.07) is 5.73. The molecule has 1 aliphatic carbocycles. The minimum absolute atomic E-state index is 0. The van der Waals surface area contributed by atoms with Crippen LogP contribution in [0.25, 0.3) is 0 Å². The number of carbonyl (C=O) groups excluding carboxylic acids is 1. The number of hydrogen-bond donors (Lipinski definition) is 2. The molecular formula is C13H17BrCl2N2O. The topological polar surface area (TPSA) is 55.1 Å². The smallest absolute Gasteiger partial charge is 0.251 e. The van der Waals surface area contributed by atoms with Crippen LogP contribution in [-0.2, 0) is 0 Å². The summed E-state index contributed by atoms with van der Waals surface area (Å²) >= 11 is 9.22. The Morgan fingerprint density at radius 3 is 2.53 bits per heavy atom. The number of benzene rings is 1. The molecule has 106 valence electrons. The Hall–Kier alpha value is -0.290. The van der Waals surface area contributed by atoms with Gasteiger partial charge in [0, 0.05) is 22.1 Å². The fraction of sp³-hybridized carbons (Fsp3) is 0.462. The normalized spacial score (nSPS) is 22.5. The largest absolute Gasteiger partial charge is 0.349 e. The van der Waals surface area contributed by atoms with Crippen molar-refractivity contribution in [2.75, 3.05) is 0 Å². The highest BCUT2D eigenvalue weighted by atomic mass is 79.9. The van der Waals surface area contributed by atoms with E-state index in [1.165, 1.54) is 0 Å². The minimum atomic E-state index is -0.0483.